The molecule has 1 saturated carbocycles. The molecule has 0 atom stereocenters. The van der Waals surface area contributed by atoms with Crippen molar-refractivity contribution < 1.29 is 18.0 Å². The Hall–Kier alpha value is -0.450. The summed E-state index contributed by atoms with van der Waals surface area (Å²) in [7, 11) is 0. The summed E-state index contributed by atoms with van der Waals surface area (Å²) in [5, 5.41) is 0. The number of carbonyl (C=O) groups excluding carboxylic acids is 1. The molecule has 1 rings (SSSR count). The molecular formula is C12H19ClF3NO. The summed E-state index contributed by atoms with van der Waals surface area (Å²) in [4.78, 5) is 13.7. The first-order chi connectivity index (χ1) is 8.40. The first-order valence-corrected chi connectivity index (χ1v) is 6.85. The van der Waals surface area contributed by atoms with Gasteiger partial charge in [-0.25, -0.2) is 0 Å². The number of rotatable bonds is 4. The van der Waals surface area contributed by atoms with E-state index in [9.17, 15) is 18.0 Å². The van der Waals surface area contributed by atoms with E-state index < -0.39 is 12.1 Å². The van der Waals surface area contributed by atoms with Crippen LogP contribution in [-0.2, 0) is 4.79 Å². The summed E-state index contributed by atoms with van der Waals surface area (Å²) in [6.07, 6.45) is -3.31. The third-order valence-corrected chi connectivity index (χ3v) is 3.76. The van der Waals surface area contributed by atoms with Gasteiger partial charge in [0.2, 0.25) is 5.91 Å². The molecule has 0 aromatic rings. The van der Waals surface area contributed by atoms with Gasteiger partial charge in [-0.3, -0.25) is 4.79 Å². The lowest BCUT2D eigenvalue weighted by Gasteiger charge is -2.32. The van der Waals surface area contributed by atoms with E-state index in [2.05, 4.69) is 0 Å². The van der Waals surface area contributed by atoms with Crippen molar-refractivity contribution in [2.24, 2.45) is 11.8 Å². The lowest BCUT2D eigenvalue weighted by atomic mass is 9.81. The van der Waals surface area contributed by atoms with Gasteiger partial charge in [0.05, 0.1) is 5.92 Å². The summed E-state index contributed by atoms with van der Waals surface area (Å²) in [5.41, 5.74) is 0. The van der Waals surface area contributed by atoms with Gasteiger partial charge in [-0.2, -0.15) is 13.2 Å². The van der Waals surface area contributed by atoms with E-state index in [1.807, 2.05) is 6.92 Å². The minimum absolute atomic E-state index is 0.0428. The molecule has 0 radical (unpaired) electrons. The second-order valence-electron chi connectivity index (χ2n) is 4.70. The monoisotopic (exact) mass is 285 g/mol. The highest BCUT2D eigenvalue weighted by Gasteiger charge is 2.42. The van der Waals surface area contributed by atoms with Crippen LogP contribution in [0.25, 0.3) is 0 Å². The van der Waals surface area contributed by atoms with Gasteiger partial charge in [0.15, 0.2) is 0 Å². The Morgan fingerprint density at radius 3 is 2.22 bits per heavy atom. The molecular weight excluding hydrogens is 267 g/mol. The van der Waals surface area contributed by atoms with Crippen LogP contribution in [0, 0.1) is 11.8 Å². The lowest BCUT2D eigenvalue weighted by Crippen LogP contribution is -2.40. The SMILES string of the molecule is CCN(CCCl)C(=O)C1CCC(C(F)(F)F)CC1. The van der Waals surface area contributed by atoms with Crippen LogP contribution in [0.4, 0.5) is 13.2 Å². The highest BCUT2D eigenvalue weighted by atomic mass is 35.5. The number of hydrogen-bond donors (Lipinski definition) is 0. The van der Waals surface area contributed by atoms with E-state index in [0.29, 0.717) is 31.8 Å². The van der Waals surface area contributed by atoms with E-state index in [-0.39, 0.29) is 24.7 Å². The highest BCUT2D eigenvalue weighted by molar-refractivity contribution is 6.18. The summed E-state index contributed by atoms with van der Waals surface area (Å²) in [6, 6.07) is 0. The van der Waals surface area contributed by atoms with Gasteiger partial charge in [0.25, 0.3) is 0 Å². The molecule has 0 saturated heterocycles. The molecule has 0 heterocycles. The van der Waals surface area contributed by atoms with Crippen molar-refractivity contribution in [3.8, 4) is 0 Å². The van der Waals surface area contributed by atoms with E-state index in [4.69, 9.17) is 11.6 Å². The van der Waals surface area contributed by atoms with Crippen molar-refractivity contribution in [3.05, 3.63) is 0 Å². The molecule has 1 aliphatic carbocycles. The number of carbonyl (C=O) groups is 1. The second-order valence-corrected chi connectivity index (χ2v) is 5.08. The Labute approximate surface area is 110 Å². The fraction of sp³-hybridized carbons (Fsp3) is 0.917. The first kappa shape index (κ1) is 15.6. The predicted molar refractivity (Wildman–Crippen MR) is 64.5 cm³/mol. The van der Waals surface area contributed by atoms with Gasteiger partial charge in [-0.05, 0) is 32.6 Å². The minimum Gasteiger partial charge on any atom is -0.342 e. The molecule has 1 fully saturated rings. The molecule has 0 aromatic heterocycles. The van der Waals surface area contributed by atoms with Crippen molar-refractivity contribution >= 4 is 17.5 Å². The highest BCUT2D eigenvalue weighted by Crippen LogP contribution is 2.39. The zero-order valence-corrected chi connectivity index (χ0v) is 11.2. The van der Waals surface area contributed by atoms with E-state index in [0.717, 1.165) is 0 Å². The Balaban J connectivity index is 2.49. The molecule has 1 aliphatic rings. The van der Waals surface area contributed by atoms with Crippen molar-refractivity contribution in [1.29, 1.82) is 0 Å². The smallest absolute Gasteiger partial charge is 0.342 e. The van der Waals surface area contributed by atoms with Crippen molar-refractivity contribution in [1.82, 2.24) is 4.90 Å². The predicted octanol–water partition coefficient (Wildman–Crippen LogP) is 3.44. The second kappa shape index (κ2) is 6.64. The summed E-state index contributed by atoms with van der Waals surface area (Å²) in [6.45, 7) is 2.88. The molecule has 6 heteroatoms. The zero-order valence-electron chi connectivity index (χ0n) is 10.5. The fourth-order valence-corrected chi connectivity index (χ4v) is 2.66. The Morgan fingerprint density at radius 2 is 1.83 bits per heavy atom. The number of amides is 1. The van der Waals surface area contributed by atoms with E-state index in [1.165, 1.54) is 0 Å². The molecule has 2 nitrogen and oxygen atoms in total. The van der Waals surface area contributed by atoms with Gasteiger partial charge in [0.1, 0.15) is 0 Å². The molecule has 1 amide bonds. The molecule has 106 valence electrons. The molecule has 18 heavy (non-hydrogen) atoms. The van der Waals surface area contributed by atoms with Crippen LogP contribution >= 0.6 is 11.6 Å². The molecule has 0 unspecified atom stereocenters. The lowest BCUT2D eigenvalue weighted by molar-refractivity contribution is -0.185. The minimum atomic E-state index is -4.12. The van der Waals surface area contributed by atoms with Crippen molar-refractivity contribution in [2.45, 2.75) is 38.8 Å². The fourth-order valence-electron chi connectivity index (χ4n) is 2.45. The average molecular weight is 286 g/mol. The van der Waals surface area contributed by atoms with Crippen LogP contribution in [-0.4, -0.2) is 36.0 Å². The maximum absolute atomic E-state index is 12.5. The zero-order chi connectivity index (χ0) is 13.8. The van der Waals surface area contributed by atoms with Crippen LogP contribution < -0.4 is 0 Å². The Kier molecular flexibility index (Phi) is 5.76. The maximum Gasteiger partial charge on any atom is 0.391 e. The van der Waals surface area contributed by atoms with Crippen LogP contribution in [0.3, 0.4) is 0 Å². The van der Waals surface area contributed by atoms with Crippen LogP contribution in [0.2, 0.25) is 0 Å². The largest absolute Gasteiger partial charge is 0.391 e. The van der Waals surface area contributed by atoms with Gasteiger partial charge in [-0.1, -0.05) is 0 Å². The number of alkyl halides is 4. The standard InChI is InChI=1S/C12H19ClF3NO/c1-2-17(8-7-13)11(18)9-3-5-10(6-4-9)12(14,15)16/h9-10H,2-8H2,1H3. The number of nitrogens with zero attached hydrogens (tertiary/aromatic N) is 1. The topological polar surface area (TPSA) is 20.3 Å². The average Bonchev–Trinajstić information content (AvgIpc) is 2.34. The van der Waals surface area contributed by atoms with Crippen LogP contribution in [0.5, 0.6) is 0 Å². The van der Waals surface area contributed by atoms with Gasteiger partial charge in [-0.15, -0.1) is 11.6 Å². The van der Waals surface area contributed by atoms with E-state index in [1.54, 1.807) is 4.90 Å². The first-order valence-electron chi connectivity index (χ1n) is 6.31. The Morgan fingerprint density at radius 1 is 1.28 bits per heavy atom. The van der Waals surface area contributed by atoms with Crippen LogP contribution in [0.1, 0.15) is 32.6 Å². The van der Waals surface area contributed by atoms with E-state index >= 15 is 0 Å². The third-order valence-electron chi connectivity index (χ3n) is 3.59. The van der Waals surface area contributed by atoms with Gasteiger partial charge in [0, 0.05) is 24.9 Å². The maximum atomic E-state index is 12.5. The number of hydrogen-bond acceptors (Lipinski definition) is 1. The summed E-state index contributed by atoms with van der Waals surface area (Å²) >= 11 is 5.60. The molecule has 0 N–H and O–H groups in total. The number of halogens is 4. The van der Waals surface area contributed by atoms with Gasteiger partial charge >= 0.3 is 6.18 Å². The molecule has 0 aromatic carbocycles. The summed E-state index contributed by atoms with van der Waals surface area (Å²) in [5.74, 6) is -1.17. The quantitative estimate of drug-likeness (QED) is 0.725. The Bertz CT molecular complexity index is 275. The molecule has 0 aliphatic heterocycles. The summed E-state index contributed by atoms with van der Waals surface area (Å²) < 4.78 is 37.5. The van der Waals surface area contributed by atoms with Crippen LogP contribution in [0.15, 0.2) is 0 Å². The molecule has 0 bridgehead atoms. The normalized spacial score (nSPS) is 24.9. The third kappa shape index (κ3) is 4.04. The molecule has 0 spiro atoms. The van der Waals surface area contributed by atoms with Crippen molar-refractivity contribution in [2.75, 3.05) is 19.0 Å². The van der Waals surface area contributed by atoms with Crippen molar-refractivity contribution in [3.63, 3.8) is 0 Å². The van der Waals surface area contributed by atoms with Gasteiger partial charge < -0.3 is 4.90 Å².